The quantitative estimate of drug-likeness (QED) is 0.710. The van der Waals surface area contributed by atoms with Crippen LogP contribution in [-0.2, 0) is 9.53 Å². The van der Waals surface area contributed by atoms with Crippen LogP contribution in [0.15, 0.2) is 18.2 Å². The molecule has 0 spiro atoms. The number of benzene rings is 1. The fourth-order valence-electron chi connectivity index (χ4n) is 2.55. The molecule has 0 aliphatic rings. The van der Waals surface area contributed by atoms with Crippen molar-refractivity contribution in [3.05, 3.63) is 29.0 Å². The number of carbonyl (C=O) groups is 2. The molecule has 27 heavy (non-hydrogen) atoms. The number of hydrogen-bond acceptors (Lipinski definition) is 6. The number of alkyl carbamates (subject to hydrolysis) is 1. The van der Waals surface area contributed by atoms with Crippen LogP contribution < -0.4 is 10.6 Å². The standard InChI is InChI=1S/C19H26FN3O3S/c1-10(2)17(23-19(25)26-11(3)4)15(24)9-21-12(5)18-22-14-7-6-13(20)8-16(14)27-18/h6-8,10-12,17,21H,9H2,1-5H3,(H,23,25). The molecule has 1 amide bonds. The molecule has 2 aromatic rings. The first kappa shape index (κ1) is 21.2. The van der Waals surface area contributed by atoms with E-state index in [-0.39, 0.29) is 36.2 Å². The molecule has 1 heterocycles. The third kappa shape index (κ3) is 5.97. The van der Waals surface area contributed by atoms with Gasteiger partial charge in [0.05, 0.1) is 34.9 Å². The molecular weight excluding hydrogens is 369 g/mol. The van der Waals surface area contributed by atoms with Crippen molar-refractivity contribution in [3.8, 4) is 0 Å². The maximum absolute atomic E-state index is 13.3. The SMILES string of the molecule is CC(C)OC(=O)NC(C(=O)CNC(C)c1nc2ccc(F)cc2s1)C(C)C. The Balaban J connectivity index is 1.97. The Kier molecular flexibility index (Phi) is 7.26. The summed E-state index contributed by atoms with van der Waals surface area (Å²) >= 11 is 1.39. The summed E-state index contributed by atoms with van der Waals surface area (Å²) in [6, 6.07) is 3.66. The van der Waals surface area contributed by atoms with Gasteiger partial charge in [-0.15, -0.1) is 11.3 Å². The van der Waals surface area contributed by atoms with Crippen LogP contribution in [0, 0.1) is 11.7 Å². The molecule has 0 fully saturated rings. The van der Waals surface area contributed by atoms with Gasteiger partial charge in [-0.25, -0.2) is 14.2 Å². The van der Waals surface area contributed by atoms with E-state index in [4.69, 9.17) is 4.74 Å². The zero-order valence-electron chi connectivity index (χ0n) is 16.2. The van der Waals surface area contributed by atoms with Gasteiger partial charge in [0.1, 0.15) is 10.8 Å². The van der Waals surface area contributed by atoms with Gasteiger partial charge in [0.15, 0.2) is 5.78 Å². The fraction of sp³-hybridized carbons (Fsp3) is 0.526. The largest absolute Gasteiger partial charge is 0.447 e. The van der Waals surface area contributed by atoms with E-state index in [1.165, 1.54) is 23.5 Å². The van der Waals surface area contributed by atoms with Crippen LogP contribution >= 0.6 is 11.3 Å². The number of halogens is 1. The summed E-state index contributed by atoms with van der Waals surface area (Å²) < 4.78 is 19.1. The third-order valence-corrected chi connectivity index (χ3v) is 5.15. The molecule has 2 rings (SSSR count). The van der Waals surface area contributed by atoms with Crippen LogP contribution in [0.5, 0.6) is 0 Å². The Hall–Kier alpha value is -2.06. The summed E-state index contributed by atoms with van der Waals surface area (Å²) in [6.07, 6.45) is -0.853. The van der Waals surface area contributed by atoms with E-state index in [1.807, 2.05) is 20.8 Å². The number of thiazole rings is 1. The van der Waals surface area contributed by atoms with Crippen molar-refractivity contribution in [3.63, 3.8) is 0 Å². The highest BCUT2D eigenvalue weighted by Gasteiger charge is 2.25. The fourth-order valence-corrected chi connectivity index (χ4v) is 3.57. The van der Waals surface area contributed by atoms with Gasteiger partial charge in [-0.05, 0) is 44.9 Å². The summed E-state index contributed by atoms with van der Waals surface area (Å²) in [5.74, 6) is -0.503. The molecule has 6 nitrogen and oxygen atoms in total. The second kappa shape index (κ2) is 9.23. The summed E-state index contributed by atoms with van der Waals surface area (Å²) in [4.78, 5) is 28.9. The van der Waals surface area contributed by atoms with Crippen molar-refractivity contribution >= 4 is 33.4 Å². The lowest BCUT2D eigenvalue weighted by Crippen LogP contribution is -2.48. The summed E-state index contributed by atoms with van der Waals surface area (Å²) in [5, 5.41) is 6.54. The predicted octanol–water partition coefficient (Wildman–Crippen LogP) is 3.81. The predicted molar refractivity (Wildman–Crippen MR) is 104 cm³/mol. The van der Waals surface area contributed by atoms with E-state index in [0.29, 0.717) is 0 Å². The van der Waals surface area contributed by atoms with Crippen molar-refractivity contribution in [2.24, 2.45) is 5.92 Å². The smallest absolute Gasteiger partial charge is 0.407 e. The van der Waals surface area contributed by atoms with Gasteiger partial charge in [-0.2, -0.15) is 0 Å². The molecule has 0 saturated heterocycles. The number of fused-ring (bicyclic) bond motifs is 1. The average molecular weight is 396 g/mol. The minimum atomic E-state index is -0.639. The van der Waals surface area contributed by atoms with Crippen molar-refractivity contribution in [2.75, 3.05) is 6.54 Å². The summed E-state index contributed by atoms with van der Waals surface area (Å²) in [5.41, 5.74) is 0.731. The molecule has 1 aromatic heterocycles. The molecule has 0 saturated carbocycles. The third-order valence-electron chi connectivity index (χ3n) is 3.95. The molecule has 0 bridgehead atoms. The molecule has 0 aliphatic carbocycles. The summed E-state index contributed by atoms with van der Waals surface area (Å²) in [7, 11) is 0. The highest BCUT2D eigenvalue weighted by Crippen LogP contribution is 2.26. The van der Waals surface area contributed by atoms with Crippen LogP contribution in [0.1, 0.15) is 45.7 Å². The molecule has 2 unspecified atom stereocenters. The normalized spacial score (nSPS) is 13.8. The number of nitrogens with one attached hydrogen (secondary N) is 2. The number of hydrogen-bond donors (Lipinski definition) is 2. The highest BCUT2D eigenvalue weighted by molar-refractivity contribution is 7.18. The second-order valence-electron chi connectivity index (χ2n) is 7.05. The average Bonchev–Trinajstić information content (AvgIpc) is 2.99. The van der Waals surface area contributed by atoms with Gasteiger partial charge in [0.2, 0.25) is 0 Å². The topological polar surface area (TPSA) is 80.3 Å². The van der Waals surface area contributed by atoms with Crippen LogP contribution in [0.3, 0.4) is 0 Å². The summed E-state index contributed by atoms with van der Waals surface area (Å²) in [6.45, 7) is 9.20. The maximum Gasteiger partial charge on any atom is 0.407 e. The first-order chi connectivity index (χ1) is 12.7. The Morgan fingerprint density at radius 2 is 1.93 bits per heavy atom. The Bertz CT molecular complexity index is 807. The molecular formula is C19H26FN3O3S. The lowest BCUT2D eigenvalue weighted by atomic mass is 10.00. The minimum Gasteiger partial charge on any atom is -0.447 e. The van der Waals surface area contributed by atoms with Gasteiger partial charge >= 0.3 is 6.09 Å². The number of ketones is 1. The number of carbonyl (C=O) groups excluding carboxylic acids is 2. The lowest BCUT2D eigenvalue weighted by molar-refractivity contribution is -0.121. The second-order valence-corrected chi connectivity index (χ2v) is 8.12. The molecule has 8 heteroatoms. The number of Topliss-reactive ketones (excluding diaryl/α,β-unsaturated/α-hetero) is 1. The number of rotatable bonds is 8. The highest BCUT2D eigenvalue weighted by atomic mass is 32.1. The zero-order valence-corrected chi connectivity index (χ0v) is 17.0. The number of ether oxygens (including phenoxy) is 1. The van der Waals surface area contributed by atoms with Gasteiger partial charge in [-0.1, -0.05) is 13.8 Å². The molecule has 1 aromatic carbocycles. The Labute approximate surface area is 162 Å². The number of nitrogens with zero attached hydrogens (tertiary/aromatic N) is 1. The minimum absolute atomic E-state index is 0.0697. The molecule has 0 aliphatic heterocycles. The van der Waals surface area contributed by atoms with E-state index < -0.39 is 12.1 Å². The first-order valence-electron chi connectivity index (χ1n) is 8.96. The van der Waals surface area contributed by atoms with E-state index in [0.717, 1.165) is 15.2 Å². The Morgan fingerprint density at radius 3 is 2.56 bits per heavy atom. The monoisotopic (exact) mass is 395 g/mol. The van der Waals surface area contributed by atoms with E-state index in [2.05, 4.69) is 15.6 Å². The van der Waals surface area contributed by atoms with E-state index in [9.17, 15) is 14.0 Å². The van der Waals surface area contributed by atoms with Crippen LogP contribution in [0.4, 0.5) is 9.18 Å². The molecule has 2 atom stereocenters. The number of aromatic nitrogens is 1. The van der Waals surface area contributed by atoms with Crippen molar-refractivity contribution in [1.82, 2.24) is 15.6 Å². The van der Waals surface area contributed by atoms with Gasteiger partial charge in [0.25, 0.3) is 0 Å². The lowest BCUT2D eigenvalue weighted by Gasteiger charge is -2.22. The van der Waals surface area contributed by atoms with Gasteiger partial charge < -0.3 is 15.4 Å². The van der Waals surface area contributed by atoms with Crippen LogP contribution in [-0.4, -0.2) is 35.6 Å². The molecule has 2 N–H and O–H groups in total. The van der Waals surface area contributed by atoms with Crippen LogP contribution in [0.25, 0.3) is 10.2 Å². The van der Waals surface area contributed by atoms with Crippen LogP contribution in [0.2, 0.25) is 0 Å². The van der Waals surface area contributed by atoms with Crippen molar-refractivity contribution < 1.29 is 18.7 Å². The molecule has 148 valence electrons. The van der Waals surface area contributed by atoms with Gasteiger partial charge in [0, 0.05) is 0 Å². The van der Waals surface area contributed by atoms with Crippen molar-refractivity contribution in [2.45, 2.75) is 52.8 Å². The van der Waals surface area contributed by atoms with Crippen molar-refractivity contribution in [1.29, 1.82) is 0 Å². The zero-order chi connectivity index (χ0) is 20.1. The first-order valence-corrected chi connectivity index (χ1v) is 9.78. The maximum atomic E-state index is 13.3. The van der Waals surface area contributed by atoms with Gasteiger partial charge in [-0.3, -0.25) is 4.79 Å². The Morgan fingerprint density at radius 1 is 1.22 bits per heavy atom. The molecule has 0 radical (unpaired) electrons. The number of amides is 1. The van der Waals surface area contributed by atoms with E-state index >= 15 is 0 Å². The van der Waals surface area contributed by atoms with E-state index in [1.54, 1.807) is 19.9 Å².